The number of carbonyl (C=O) groups excluding carboxylic acids is 1. The highest BCUT2D eigenvalue weighted by atomic mass is 32.2. The average Bonchev–Trinajstić information content (AvgIpc) is 3.01. The van der Waals surface area contributed by atoms with Gasteiger partial charge in [-0.05, 0) is 31.2 Å². The maximum Gasteiger partial charge on any atom is 0.319 e. The molecule has 0 aliphatic rings. The highest BCUT2D eigenvalue weighted by molar-refractivity contribution is 7.99. The van der Waals surface area contributed by atoms with Gasteiger partial charge in [0, 0.05) is 9.79 Å². The van der Waals surface area contributed by atoms with E-state index < -0.39 is 35.2 Å². The molecule has 0 atom stereocenters. The summed E-state index contributed by atoms with van der Waals surface area (Å²) < 4.78 is 27.0. The summed E-state index contributed by atoms with van der Waals surface area (Å²) in [4.78, 5) is 24.4. The summed E-state index contributed by atoms with van der Waals surface area (Å²) in [5.41, 5.74) is -1.28. The minimum atomic E-state index is -3.11. The van der Waals surface area contributed by atoms with Gasteiger partial charge >= 0.3 is 5.69 Å². The van der Waals surface area contributed by atoms with Gasteiger partial charge in [0.15, 0.2) is 0 Å². The molecule has 7 nitrogen and oxygen atoms in total. The fourth-order valence-electron chi connectivity index (χ4n) is 2.69. The van der Waals surface area contributed by atoms with Crippen molar-refractivity contribution in [1.82, 2.24) is 9.78 Å². The molecule has 1 amide bonds. The number of nitrogens with zero attached hydrogens (tertiary/aromatic N) is 3. The molecular formula is C19H16F2N4O3S. The second-order valence-electron chi connectivity index (χ2n) is 5.99. The van der Waals surface area contributed by atoms with Crippen molar-refractivity contribution in [1.29, 1.82) is 0 Å². The van der Waals surface area contributed by atoms with Gasteiger partial charge in [-0.3, -0.25) is 19.6 Å². The first-order chi connectivity index (χ1) is 13.9. The van der Waals surface area contributed by atoms with Crippen LogP contribution in [-0.4, -0.2) is 20.6 Å². The second-order valence-corrected chi connectivity index (χ2v) is 7.11. The zero-order valence-electron chi connectivity index (χ0n) is 15.2. The minimum absolute atomic E-state index is 0.104. The number of rotatable bonds is 7. The average molecular weight is 418 g/mol. The highest BCUT2D eigenvalue weighted by Gasteiger charge is 2.31. The van der Waals surface area contributed by atoms with E-state index in [2.05, 4.69) is 10.4 Å². The maximum absolute atomic E-state index is 13.0. The molecule has 3 aromatic rings. The normalized spacial score (nSPS) is 10.9. The fraction of sp³-hybridized carbons (Fsp3) is 0.158. The number of nitro groups is 1. The number of para-hydroxylation sites is 1. The van der Waals surface area contributed by atoms with Gasteiger partial charge in [0.25, 0.3) is 6.43 Å². The Morgan fingerprint density at radius 3 is 2.48 bits per heavy atom. The Morgan fingerprint density at radius 2 is 1.86 bits per heavy atom. The number of hydrogen-bond donors (Lipinski definition) is 1. The predicted octanol–water partition coefficient (Wildman–Crippen LogP) is 4.83. The molecule has 0 saturated heterocycles. The van der Waals surface area contributed by atoms with Crippen LogP contribution in [0, 0.1) is 17.0 Å². The van der Waals surface area contributed by atoms with E-state index in [4.69, 9.17) is 0 Å². The molecule has 1 N–H and O–H groups in total. The Hall–Kier alpha value is -3.27. The molecule has 0 bridgehead atoms. The van der Waals surface area contributed by atoms with Crippen molar-refractivity contribution < 1.29 is 18.5 Å². The molecular weight excluding hydrogens is 402 g/mol. The standard InChI is InChI=1S/C19H16F2N4O3S/c1-12-18(25(27)28)17(19(20)21)23-24(12)11-16(26)22-14-9-5-6-10-15(14)29-13-7-3-2-4-8-13/h2-10,19H,11H2,1H3,(H,22,26). The first-order valence-electron chi connectivity index (χ1n) is 8.48. The van der Waals surface area contributed by atoms with Crippen LogP contribution in [-0.2, 0) is 11.3 Å². The number of carbonyl (C=O) groups is 1. The monoisotopic (exact) mass is 418 g/mol. The van der Waals surface area contributed by atoms with Crippen LogP contribution in [0.1, 0.15) is 17.8 Å². The Kier molecular flexibility index (Phi) is 6.23. The van der Waals surface area contributed by atoms with Gasteiger partial charge in [-0.25, -0.2) is 8.78 Å². The van der Waals surface area contributed by atoms with E-state index in [0.717, 1.165) is 14.5 Å². The van der Waals surface area contributed by atoms with Gasteiger partial charge in [-0.15, -0.1) is 0 Å². The molecule has 0 aliphatic heterocycles. The maximum atomic E-state index is 13.0. The third-order valence-corrected chi connectivity index (χ3v) is 5.10. The largest absolute Gasteiger partial charge is 0.323 e. The fourth-order valence-corrected chi connectivity index (χ4v) is 3.61. The minimum Gasteiger partial charge on any atom is -0.323 e. The van der Waals surface area contributed by atoms with Crippen molar-refractivity contribution in [3.05, 3.63) is 76.1 Å². The number of hydrogen-bond acceptors (Lipinski definition) is 5. The number of aromatic nitrogens is 2. The summed E-state index contributed by atoms with van der Waals surface area (Å²) in [7, 11) is 0. The number of amides is 1. The molecule has 0 aliphatic carbocycles. The third kappa shape index (κ3) is 4.77. The number of nitrogens with one attached hydrogen (secondary N) is 1. The molecule has 150 valence electrons. The lowest BCUT2D eigenvalue weighted by Gasteiger charge is -2.11. The number of alkyl halides is 2. The van der Waals surface area contributed by atoms with Crippen LogP contribution >= 0.6 is 11.8 Å². The van der Waals surface area contributed by atoms with Gasteiger partial charge < -0.3 is 5.32 Å². The zero-order valence-corrected chi connectivity index (χ0v) is 16.0. The molecule has 1 aromatic heterocycles. The van der Waals surface area contributed by atoms with Crippen molar-refractivity contribution >= 4 is 29.0 Å². The Balaban J connectivity index is 1.79. The molecule has 29 heavy (non-hydrogen) atoms. The molecule has 2 aromatic carbocycles. The van der Waals surface area contributed by atoms with Crippen LogP contribution < -0.4 is 5.32 Å². The molecule has 0 radical (unpaired) electrons. The molecule has 0 unspecified atom stereocenters. The Labute approximate surface area is 168 Å². The van der Waals surface area contributed by atoms with Gasteiger partial charge in [0.2, 0.25) is 11.6 Å². The Bertz CT molecular complexity index is 1040. The molecule has 0 fully saturated rings. The molecule has 0 saturated carbocycles. The van der Waals surface area contributed by atoms with E-state index in [1.54, 1.807) is 12.1 Å². The van der Waals surface area contributed by atoms with E-state index in [-0.39, 0.29) is 5.69 Å². The van der Waals surface area contributed by atoms with Crippen molar-refractivity contribution in [2.45, 2.75) is 29.7 Å². The summed E-state index contributed by atoms with van der Waals surface area (Å²) in [6, 6.07) is 16.7. The molecule has 0 spiro atoms. The van der Waals surface area contributed by atoms with Crippen LogP contribution in [0.3, 0.4) is 0 Å². The van der Waals surface area contributed by atoms with E-state index in [9.17, 15) is 23.7 Å². The summed E-state index contributed by atoms with van der Waals surface area (Å²) >= 11 is 1.45. The first-order valence-corrected chi connectivity index (χ1v) is 9.30. The van der Waals surface area contributed by atoms with Gasteiger partial charge in [0.1, 0.15) is 12.2 Å². The van der Waals surface area contributed by atoms with Crippen molar-refractivity contribution in [2.24, 2.45) is 0 Å². The van der Waals surface area contributed by atoms with E-state index >= 15 is 0 Å². The van der Waals surface area contributed by atoms with E-state index in [0.29, 0.717) is 5.69 Å². The van der Waals surface area contributed by atoms with E-state index in [1.165, 1.54) is 18.7 Å². The SMILES string of the molecule is Cc1c([N+](=O)[O-])c(C(F)F)nn1CC(=O)Nc1ccccc1Sc1ccccc1. The van der Waals surface area contributed by atoms with Gasteiger partial charge in [-0.1, -0.05) is 42.1 Å². The summed E-state index contributed by atoms with van der Waals surface area (Å²) in [5.74, 6) is -0.535. The smallest absolute Gasteiger partial charge is 0.319 e. The lowest BCUT2D eigenvalue weighted by molar-refractivity contribution is -0.386. The predicted molar refractivity (Wildman–Crippen MR) is 104 cm³/mol. The van der Waals surface area contributed by atoms with Crippen LogP contribution in [0.5, 0.6) is 0 Å². The van der Waals surface area contributed by atoms with Crippen LogP contribution in [0.4, 0.5) is 20.2 Å². The van der Waals surface area contributed by atoms with Crippen molar-refractivity contribution in [3.63, 3.8) is 0 Å². The third-order valence-electron chi connectivity index (χ3n) is 4.02. The lowest BCUT2D eigenvalue weighted by atomic mass is 10.3. The quantitative estimate of drug-likeness (QED) is 0.439. The highest BCUT2D eigenvalue weighted by Crippen LogP contribution is 2.33. The van der Waals surface area contributed by atoms with Crippen molar-refractivity contribution in [2.75, 3.05) is 5.32 Å². The second kappa shape index (κ2) is 8.82. The van der Waals surface area contributed by atoms with Crippen LogP contribution in [0.2, 0.25) is 0 Å². The topological polar surface area (TPSA) is 90.1 Å². The Morgan fingerprint density at radius 1 is 1.21 bits per heavy atom. The summed E-state index contributed by atoms with van der Waals surface area (Å²) in [6.07, 6.45) is -3.11. The van der Waals surface area contributed by atoms with Gasteiger partial charge in [-0.2, -0.15) is 5.10 Å². The number of benzene rings is 2. The van der Waals surface area contributed by atoms with Crippen LogP contribution in [0.15, 0.2) is 64.4 Å². The summed E-state index contributed by atoms with van der Waals surface area (Å²) in [6.45, 7) is 0.854. The zero-order chi connectivity index (χ0) is 21.0. The summed E-state index contributed by atoms with van der Waals surface area (Å²) in [5, 5.41) is 17.3. The lowest BCUT2D eigenvalue weighted by Crippen LogP contribution is -2.20. The van der Waals surface area contributed by atoms with Crippen molar-refractivity contribution in [3.8, 4) is 0 Å². The molecule has 3 rings (SSSR count). The van der Waals surface area contributed by atoms with Crippen LogP contribution in [0.25, 0.3) is 0 Å². The number of halogens is 2. The van der Waals surface area contributed by atoms with Gasteiger partial charge in [0.05, 0.1) is 10.6 Å². The molecule has 10 heteroatoms. The number of anilines is 1. The van der Waals surface area contributed by atoms with E-state index in [1.807, 2.05) is 42.5 Å². The first kappa shape index (κ1) is 20.5. The molecule has 1 heterocycles.